The number of thiophene rings is 1. The number of nitrogens with one attached hydrogen (secondary N) is 2. The molecule has 0 bridgehead atoms. The number of carboxylic acid groups (broad SMARTS) is 1. The number of likely N-dealkylation sites (tertiary alicyclic amines) is 1. The third-order valence-electron chi connectivity index (χ3n) is 7.23. The van der Waals surface area contributed by atoms with Crippen molar-refractivity contribution in [3.8, 4) is 0 Å². The molecule has 0 atom stereocenters. The molecule has 0 aliphatic carbocycles. The highest BCUT2D eigenvalue weighted by Gasteiger charge is 2.41. The summed E-state index contributed by atoms with van der Waals surface area (Å²) in [5.41, 5.74) is 2.52. The molecule has 0 unspecified atom stereocenters. The first-order chi connectivity index (χ1) is 18.8. The molecule has 1 spiro atoms. The van der Waals surface area contributed by atoms with Gasteiger partial charge >= 0.3 is 12.0 Å². The monoisotopic (exact) mass is 582 g/mol. The Bertz CT molecular complexity index is 1470. The van der Waals surface area contributed by atoms with Crippen LogP contribution in [0.5, 0.6) is 0 Å². The lowest BCUT2D eigenvalue weighted by molar-refractivity contribution is -0.142. The number of carbonyl (C=O) groups excluding carboxylic acids is 3. The van der Waals surface area contributed by atoms with Crippen molar-refractivity contribution in [2.75, 3.05) is 18.4 Å². The average Bonchev–Trinajstić information content (AvgIpc) is 3.18. The second-order valence-corrected chi connectivity index (χ2v) is 13.4. The summed E-state index contributed by atoms with van der Waals surface area (Å²) in [6.45, 7) is 10.2. The van der Waals surface area contributed by atoms with Gasteiger partial charge in [0.15, 0.2) is 5.78 Å². The Kier molecular flexibility index (Phi) is 8.55. The Balaban J connectivity index is 0.000000186. The normalized spacial score (nSPS) is 16.1. The minimum absolute atomic E-state index is 0.0127. The van der Waals surface area contributed by atoms with Gasteiger partial charge in [0.2, 0.25) is 6.41 Å². The number of anilines is 1. The fourth-order valence-electron chi connectivity index (χ4n) is 4.71. The highest BCUT2D eigenvalue weighted by molar-refractivity contribution is 8.01. The number of aromatic nitrogens is 1. The third-order valence-corrected chi connectivity index (χ3v) is 9.91. The van der Waals surface area contributed by atoms with Crippen LogP contribution in [0.15, 0.2) is 35.2 Å². The number of Topliss-reactive ketones (excluding diaryl/α,β-unsaturated/α-hetero) is 1. The molecule has 3 amide bonds. The number of urea groups is 1. The lowest BCUT2D eigenvalue weighted by Crippen LogP contribution is -2.51. The zero-order valence-corrected chi connectivity index (χ0v) is 24.9. The molecule has 3 aromatic rings. The second-order valence-electron chi connectivity index (χ2n) is 10.9. The van der Waals surface area contributed by atoms with E-state index in [1.807, 2.05) is 50.7 Å². The van der Waals surface area contributed by atoms with Crippen molar-refractivity contribution in [3.63, 3.8) is 0 Å². The number of hydrogen-bond donors (Lipinski definition) is 3. The van der Waals surface area contributed by atoms with Crippen LogP contribution >= 0.6 is 23.1 Å². The summed E-state index contributed by atoms with van der Waals surface area (Å²) >= 11 is 3.21. The number of pyridine rings is 1. The summed E-state index contributed by atoms with van der Waals surface area (Å²) in [5, 5.41) is 15.8. The lowest BCUT2D eigenvalue weighted by atomic mass is 9.88. The van der Waals surface area contributed by atoms with E-state index in [1.54, 1.807) is 4.90 Å². The van der Waals surface area contributed by atoms with Crippen LogP contribution in [0.25, 0.3) is 10.2 Å². The number of nitrogens with zero attached hydrogens (tertiary/aromatic N) is 2. The van der Waals surface area contributed by atoms with Gasteiger partial charge in [-0.3, -0.25) is 14.9 Å². The third kappa shape index (κ3) is 6.47. The van der Waals surface area contributed by atoms with Crippen LogP contribution in [0.2, 0.25) is 0 Å². The smallest absolute Gasteiger partial charge is 0.328 e. The van der Waals surface area contributed by atoms with Crippen molar-refractivity contribution in [1.82, 2.24) is 15.2 Å². The fraction of sp³-hybridized carbons (Fsp3) is 0.414. The maximum atomic E-state index is 12.4. The van der Waals surface area contributed by atoms with Crippen molar-refractivity contribution in [1.29, 1.82) is 0 Å². The van der Waals surface area contributed by atoms with E-state index in [0.29, 0.717) is 11.4 Å². The zero-order chi connectivity index (χ0) is 29.2. The van der Waals surface area contributed by atoms with Gasteiger partial charge in [0.05, 0.1) is 0 Å². The van der Waals surface area contributed by atoms with Crippen LogP contribution in [0, 0.1) is 20.8 Å². The fourth-order valence-corrected chi connectivity index (χ4v) is 7.30. The summed E-state index contributed by atoms with van der Waals surface area (Å²) in [6, 6.07) is 9.47. The highest BCUT2D eigenvalue weighted by atomic mass is 32.2. The molecule has 9 nitrogen and oxygen atoms in total. The highest BCUT2D eigenvalue weighted by Crippen LogP contribution is 2.48. The molecule has 1 aromatic carbocycles. The van der Waals surface area contributed by atoms with E-state index in [0.717, 1.165) is 69.8 Å². The number of piperidine rings is 1. The van der Waals surface area contributed by atoms with Gasteiger partial charge in [0.25, 0.3) is 0 Å². The molecule has 2 aliphatic heterocycles. The number of thioether (sulfide) groups is 1. The number of ketones is 1. The summed E-state index contributed by atoms with van der Waals surface area (Å²) < 4.78 is 0.0127. The number of aryl methyl sites for hydroxylation is 3. The molecule has 0 radical (unpaired) electrons. The molecule has 1 fully saturated rings. The Hall–Kier alpha value is -3.44. The van der Waals surface area contributed by atoms with Crippen molar-refractivity contribution in [2.45, 2.75) is 69.1 Å². The van der Waals surface area contributed by atoms with Gasteiger partial charge in [-0.1, -0.05) is 23.0 Å². The number of hydrogen-bond acceptors (Lipinski definition) is 7. The van der Waals surface area contributed by atoms with E-state index < -0.39 is 17.5 Å². The average molecular weight is 583 g/mol. The standard InChI is InChI=1S/C15H17NO2S.C14H17N3O3S/c1-11-2-3-14-12(8-11)13(18)9-15(19-14)4-6-16(10-17)7-5-15;1-7-5-6-9-8(2)10(21-11(9)15-7)16-13(20)17-14(3,4)12(18)19/h2-3,8,10H,4-7,9H2,1H3;5-6H,1-4H3,(H,18,19)(H2,16,17,20). The van der Waals surface area contributed by atoms with Gasteiger partial charge in [-0.25, -0.2) is 14.6 Å². The van der Waals surface area contributed by atoms with Crippen LogP contribution < -0.4 is 10.6 Å². The topological polar surface area (TPSA) is 129 Å². The molecule has 2 aromatic heterocycles. The van der Waals surface area contributed by atoms with Gasteiger partial charge in [-0.15, -0.1) is 11.8 Å². The number of fused-ring (bicyclic) bond motifs is 2. The number of carbonyl (C=O) groups is 4. The maximum Gasteiger partial charge on any atom is 0.328 e. The Morgan fingerprint density at radius 1 is 1.12 bits per heavy atom. The van der Waals surface area contributed by atoms with E-state index in [1.165, 1.54) is 25.2 Å². The maximum absolute atomic E-state index is 12.4. The van der Waals surface area contributed by atoms with E-state index in [-0.39, 0.29) is 10.5 Å². The Morgan fingerprint density at radius 2 is 1.82 bits per heavy atom. The molecular formula is C29H34N4O5S2. The molecule has 3 N–H and O–H groups in total. The number of amides is 3. The molecule has 4 heterocycles. The summed E-state index contributed by atoms with van der Waals surface area (Å²) in [4.78, 5) is 54.3. The van der Waals surface area contributed by atoms with Crippen molar-refractivity contribution in [2.24, 2.45) is 0 Å². The van der Waals surface area contributed by atoms with Crippen LogP contribution in [0.4, 0.5) is 9.80 Å². The van der Waals surface area contributed by atoms with Crippen molar-refractivity contribution in [3.05, 3.63) is 52.7 Å². The lowest BCUT2D eigenvalue weighted by Gasteiger charge is -2.42. The largest absolute Gasteiger partial charge is 0.480 e. The summed E-state index contributed by atoms with van der Waals surface area (Å²) in [6.07, 6.45) is 3.35. The molecule has 2 aliphatic rings. The first-order valence-corrected chi connectivity index (χ1v) is 14.7. The predicted molar refractivity (Wildman–Crippen MR) is 159 cm³/mol. The van der Waals surface area contributed by atoms with Crippen LogP contribution in [-0.4, -0.2) is 62.6 Å². The molecule has 5 rings (SSSR count). The summed E-state index contributed by atoms with van der Waals surface area (Å²) in [5.74, 6) is -0.833. The number of carboxylic acids is 1. The van der Waals surface area contributed by atoms with Gasteiger partial charge in [0, 0.05) is 45.8 Å². The molecule has 212 valence electrons. The Labute approximate surface area is 241 Å². The van der Waals surface area contributed by atoms with E-state index >= 15 is 0 Å². The van der Waals surface area contributed by atoms with Gasteiger partial charge < -0.3 is 15.3 Å². The van der Waals surface area contributed by atoms with Crippen molar-refractivity contribution >= 4 is 62.5 Å². The van der Waals surface area contributed by atoms with Gasteiger partial charge in [-0.2, -0.15) is 0 Å². The van der Waals surface area contributed by atoms with Crippen molar-refractivity contribution < 1.29 is 24.3 Å². The Morgan fingerprint density at radius 3 is 2.48 bits per heavy atom. The van der Waals surface area contributed by atoms with Gasteiger partial charge in [0.1, 0.15) is 15.4 Å². The van der Waals surface area contributed by atoms with Crippen LogP contribution in [0.3, 0.4) is 0 Å². The molecule has 11 heteroatoms. The van der Waals surface area contributed by atoms with Crippen LogP contribution in [0.1, 0.15) is 60.3 Å². The van der Waals surface area contributed by atoms with E-state index in [9.17, 15) is 19.2 Å². The molecule has 40 heavy (non-hydrogen) atoms. The minimum atomic E-state index is -1.33. The zero-order valence-electron chi connectivity index (χ0n) is 23.3. The minimum Gasteiger partial charge on any atom is -0.480 e. The number of rotatable bonds is 4. The summed E-state index contributed by atoms with van der Waals surface area (Å²) in [7, 11) is 0. The number of benzene rings is 1. The predicted octanol–water partition coefficient (Wildman–Crippen LogP) is 5.56. The second kappa shape index (κ2) is 11.6. The number of aliphatic carboxylic acids is 1. The quantitative estimate of drug-likeness (QED) is 0.344. The van der Waals surface area contributed by atoms with Gasteiger partial charge in [-0.05, 0) is 77.3 Å². The first kappa shape index (κ1) is 29.5. The molecule has 0 saturated carbocycles. The molecular weight excluding hydrogens is 548 g/mol. The van der Waals surface area contributed by atoms with E-state index in [2.05, 4.69) is 27.8 Å². The molecule has 1 saturated heterocycles. The van der Waals surface area contributed by atoms with E-state index in [4.69, 9.17) is 5.11 Å². The SMILES string of the molecule is Cc1ccc2c(C)c(NC(=O)NC(C)(C)C(=O)O)sc2n1.Cc1ccc2c(c1)C(=O)CC1(CCN(C=O)CC1)S2. The van der Waals surface area contributed by atoms with Crippen LogP contribution in [-0.2, 0) is 9.59 Å². The first-order valence-electron chi connectivity index (χ1n) is 13.0.